The number of halogens is 1. The van der Waals surface area contributed by atoms with Crippen LogP contribution in [0, 0.1) is 6.92 Å². The Balaban J connectivity index is 1.63. The van der Waals surface area contributed by atoms with Gasteiger partial charge < -0.3 is 14.8 Å². The third-order valence-corrected chi connectivity index (χ3v) is 4.20. The summed E-state index contributed by atoms with van der Waals surface area (Å²) in [5.41, 5.74) is 1.70. The molecule has 0 fully saturated rings. The van der Waals surface area contributed by atoms with E-state index < -0.39 is 0 Å². The summed E-state index contributed by atoms with van der Waals surface area (Å²) >= 11 is 5.92. The number of ether oxygens (including phenoxy) is 2. The average Bonchev–Trinajstić information content (AvgIpc) is 3.09. The predicted octanol–water partition coefficient (Wildman–Crippen LogP) is 3.18. The smallest absolute Gasteiger partial charge is 0.291 e. The summed E-state index contributed by atoms with van der Waals surface area (Å²) in [6.45, 7) is 3.12. The monoisotopic (exact) mass is 400 g/mol. The van der Waals surface area contributed by atoms with Crippen molar-refractivity contribution >= 4 is 17.5 Å². The fourth-order valence-corrected chi connectivity index (χ4v) is 2.69. The lowest BCUT2D eigenvalue weighted by molar-refractivity contribution is 0.0940. The van der Waals surface area contributed by atoms with Crippen molar-refractivity contribution in [1.29, 1.82) is 0 Å². The van der Waals surface area contributed by atoms with Crippen LogP contribution in [0.3, 0.4) is 0 Å². The molecule has 0 unspecified atom stereocenters. The summed E-state index contributed by atoms with van der Waals surface area (Å²) in [6, 6.07) is 14.7. The van der Waals surface area contributed by atoms with E-state index in [0.717, 1.165) is 17.0 Å². The van der Waals surface area contributed by atoms with Gasteiger partial charge in [0.25, 0.3) is 5.91 Å². The number of amides is 1. The number of rotatable bonds is 8. The fourth-order valence-electron chi connectivity index (χ4n) is 2.56. The quantitative estimate of drug-likeness (QED) is 0.587. The van der Waals surface area contributed by atoms with E-state index in [1.54, 1.807) is 30.8 Å². The highest BCUT2D eigenvalue weighted by Crippen LogP contribution is 2.15. The van der Waals surface area contributed by atoms with Crippen LogP contribution in [0.15, 0.2) is 48.5 Å². The Labute approximate surface area is 168 Å². The van der Waals surface area contributed by atoms with Gasteiger partial charge in [0, 0.05) is 18.7 Å². The van der Waals surface area contributed by atoms with Gasteiger partial charge in [-0.3, -0.25) is 4.79 Å². The molecule has 3 rings (SSSR count). The molecule has 8 heteroatoms. The third kappa shape index (κ3) is 5.09. The highest BCUT2D eigenvalue weighted by Gasteiger charge is 2.15. The number of aromatic nitrogens is 3. The first-order valence-electron chi connectivity index (χ1n) is 8.75. The predicted molar refractivity (Wildman–Crippen MR) is 106 cm³/mol. The minimum Gasteiger partial charge on any atom is -0.491 e. The maximum Gasteiger partial charge on any atom is 0.291 e. The fraction of sp³-hybridized carbons (Fsp3) is 0.250. The number of hydrogen-bond donors (Lipinski definition) is 1. The van der Waals surface area contributed by atoms with Gasteiger partial charge in [0.2, 0.25) is 5.82 Å². The Morgan fingerprint density at radius 3 is 2.71 bits per heavy atom. The van der Waals surface area contributed by atoms with Crippen molar-refractivity contribution in [3.05, 3.63) is 70.8 Å². The number of aryl methyl sites for hydroxylation is 1. The highest BCUT2D eigenvalue weighted by atomic mass is 35.5. The van der Waals surface area contributed by atoms with E-state index in [0.29, 0.717) is 30.6 Å². The number of carbonyl (C=O) groups is 1. The van der Waals surface area contributed by atoms with Crippen molar-refractivity contribution in [3.8, 4) is 11.4 Å². The Morgan fingerprint density at radius 1 is 1.18 bits per heavy atom. The van der Waals surface area contributed by atoms with Gasteiger partial charge in [-0.25, -0.2) is 9.67 Å². The standard InChI is InChI=1S/C20H21ClN4O3/c1-14-23-19(24-25(14)17-8-6-16(21)7-9-17)20(26)22-13-15-4-3-5-18(12-15)28-11-10-27-2/h3-9,12H,10-11,13H2,1-2H3,(H,22,26). The van der Waals surface area contributed by atoms with E-state index in [1.165, 1.54) is 0 Å². The molecule has 0 bridgehead atoms. The van der Waals surface area contributed by atoms with Gasteiger partial charge in [-0.15, -0.1) is 5.10 Å². The van der Waals surface area contributed by atoms with Crippen LogP contribution in [-0.2, 0) is 11.3 Å². The maximum atomic E-state index is 12.4. The molecule has 0 spiro atoms. The van der Waals surface area contributed by atoms with Gasteiger partial charge in [-0.1, -0.05) is 23.7 Å². The molecule has 146 valence electrons. The molecule has 28 heavy (non-hydrogen) atoms. The van der Waals surface area contributed by atoms with Crippen molar-refractivity contribution in [2.75, 3.05) is 20.3 Å². The molecule has 0 aliphatic heterocycles. The van der Waals surface area contributed by atoms with E-state index in [9.17, 15) is 4.79 Å². The number of nitrogens with one attached hydrogen (secondary N) is 1. The average molecular weight is 401 g/mol. The maximum absolute atomic E-state index is 12.4. The third-order valence-electron chi connectivity index (χ3n) is 3.95. The summed E-state index contributed by atoms with van der Waals surface area (Å²) in [6.07, 6.45) is 0. The van der Waals surface area contributed by atoms with Crippen LogP contribution in [0.5, 0.6) is 5.75 Å². The zero-order valence-corrected chi connectivity index (χ0v) is 16.4. The van der Waals surface area contributed by atoms with Gasteiger partial charge >= 0.3 is 0 Å². The second kappa shape index (κ2) is 9.34. The minimum atomic E-state index is -0.346. The number of methoxy groups -OCH3 is 1. The molecule has 3 aromatic rings. The van der Waals surface area contributed by atoms with Crippen LogP contribution >= 0.6 is 11.6 Å². The van der Waals surface area contributed by atoms with Crippen molar-refractivity contribution in [3.63, 3.8) is 0 Å². The van der Waals surface area contributed by atoms with Crippen molar-refractivity contribution in [1.82, 2.24) is 20.1 Å². The number of hydrogen-bond acceptors (Lipinski definition) is 5. The lowest BCUT2D eigenvalue weighted by atomic mass is 10.2. The molecule has 0 saturated heterocycles. The summed E-state index contributed by atoms with van der Waals surface area (Å²) < 4.78 is 12.2. The van der Waals surface area contributed by atoms with E-state index in [1.807, 2.05) is 36.4 Å². The van der Waals surface area contributed by atoms with E-state index in [2.05, 4.69) is 15.4 Å². The molecule has 1 aromatic heterocycles. The van der Waals surface area contributed by atoms with Crippen LogP contribution < -0.4 is 10.1 Å². The second-order valence-electron chi connectivity index (χ2n) is 6.04. The van der Waals surface area contributed by atoms with Crippen LogP contribution in [0.1, 0.15) is 22.0 Å². The van der Waals surface area contributed by atoms with E-state index in [4.69, 9.17) is 21.1 Å². The Morgan fingerprint density at radius 2 is 1.96 bits per heavy atom. The first kappa shape index (κ1) is 19.9. The molecule has 0 atom stereocenters. The normalized spacial score (nSPS) is 10.7. The molecular weight excluding hydrogens is 380 g/mol. The molecule has 0 saturated carbocycles. The molecule has 1 N–H and O–H groups in total. The summed E-state index contributed by atoms with van der Waals surface area (Å²) in [7, 11) is 1.62. The van der Waals surface area contributed by atoms with Gasteiger partial charge in [-0.05, 0) is 48.9 Å². The van der Waals surface area contributed by atoms with Gasteiger partial charge in [0.15, 0.2) is 0 Å². The Hall–Kier alpha value is -2.90. The summed E-state index contributed by atoms with van der Waals surface area (Å²) in [5.74, 6) is 1.10. The SMILES string of the molecule is COCCOc1cccc(CNC(=O)c2nc(C)n(-c3ccc(Cl)cc3)n2)c1. The van der Waals surface area contributed by atoms with Gasteiger partial charge in [0.05, 0.1) is 12.3 Å². The molecular formula is C20H21ClN4O3. The Kier molecular flexibility index (Phi) is 6.62. The lowest BCUT2D eigenvalue weighted by Crippen LogP contribution is -2.24. The van der Waals surface area contributed by atoms with Crippen LogP contribution in [0.4, 0.5) is 0 Å². The zero-order valence-electron chi connectivity index (χ0n) is 15.7. The van der Waals surface area contributed by atoms with E-state index >= 15 is 0 Å². The summed E-state index contributed by atoms with van der Waals surface area (Å²) in [4.78, 5) is 16.7. The minimum absolute atomic E-state index is 0.111. The molecule has 0 aliphatic carbocycles. The first-order chi connectivity index (χ1) is 13.6. The topological polar surface area (TPSA) is 78.3 Å². The first-order valence-corrected chi connectivity index (χ1v) is 9.13. The Bertz CT molecular complexity index is 941. The van der Waals surface area contributed by atoms with Crippen molar-refractivity contribution in [2.24, 2.45) is 0 Å². The molecule has 7 nitrogen and oxygen atoms in total. The highest BCUT2D eigenvalue weighted by molar-refractivity contribution is 6.30. The lowest BCUT2D eigenvalue weighted by Gasteiger charge is -2.08. The van der Waals surface area contributed by atoms with Crippen molar-refractivity contribution in [2.45, 2.75) is 13.5 Å². The largest absolute Gasteiger partial charge is 0.491 e. The molecule has 0 aliphatic rings. The van der Waals surface area contributed by atoms with E-state index in [-0.39, 0.29) is 11.7 Å². The van der Waals surface area contributed by atoms with Gasteiger partial charge in [0.1, 0.15) is 18.2 Å². The second-order valence-corrected chi connectivity index (χ2v) is 6.48. The number of benzene rings is 2. The van der Waals surface area contributed by atoms with Crippen LogP contribution in [0.25, 0.3) is 5.69 Å². The number of nitrogens with zero attached hydrogens (tertiary/aromatic N) is 3. The zero-order chi connectivity index (χ0) is 19.9. The van der Waals surface area contributed by atoms with Crippen LogP contribution in [-0.4, -0.2) is 41.0 Å². The molecule has 0 radical (unpaired) electrons. The molecule has 1 amide bonds. The summed E-state index contributed by atoms with van der Waals surface area (Å²) in [5, 5.41) is 7.77. The van der Waals surface area contributed by atoms with Crippen LogP contribution in [0.2, 0.25) is 5.02 Å². The molecule has 2 aromatic carbocycles. The number of carbonyl (C=O) groups excluding carboxylic acids is 1. The molecule has 1 heterocycles. The van der Waals surface area contributed by atoms with Crippen molar-refractivity contribution < 1.29 is 14.3 Å². The van der Waals surface area contributed by atoms with Gasteiger partial charge in [-0.2, -0.15) is 0 Å².